The molecule has 0 radical (unpaired) electrons. The number of aromatic hydroxyl groups is 1. The first-order valence-electron chi connectivity index (χ1n) is 6.97. The summed E-state index contributed by atoms with van der Waals surface area (Å²) in [6.07, 6.45) is 0. The Balaban J connectivity index is 2.25. The van der Waals surface area contributed by atoms with E-state index in [0.717, 1.165) is 22.2 Å². The molecule has 0 unspecified atom stereocenters. The van der Waals surface area contributed by atoms with Crippen molar-refractivity contribution in [3.05, 3.63) is 59.5 Å². The lowest BCUT2D eigenvalue weighted by Gasteiger charge is -2.14. The van der Waals surface area contributed by atoms with Crippen molar-refractivity contribution >= 4 is 22.1 Å². The highest BCUT2D eigenvalue weighted by Crippen LogP contribution is 2.41. The third kappa shape index (κ3) is 2.29. The van der Waals surface area contributed by atoms with Crippen LogP contribution in [-0.2, 0) is 0 Å². The zero-order chi connectivity index (χ0) is 15.7. The van der Waals surface area contributed by atoms with Crippen molar-refractivity contribution in [2.75, 3.05) is 19.0 Å². The van der Waals surface area contributed by atoms with Crippen LogP contribution in [0.25, 0.3) is 21.9 Å². The summed E-state index contributed by atoms with van der Waals surface area (Å²) in [5.41, 5.74) is 3.05. The second-order valence-corrected chi connectivity index (χ2v) is 5.37. The molecular weight excluding hydrogens is 276 g/mol. The molecule has 3 aromatic rings. The number of phenolic OH excluding ortho intramolecular Hbond substituents is 1. The van der Waals surface area contributed by atoms with Gasteiger partial charge in [0.2, 0.25) is 0 Å². The highest BCUT2D eigenvalue weighted by Gasteiger charge is 2.13. The van der Waals surface area contributed by atoms with Crippen molar-refractivity contribution in [2.24, 2.45) is 5.18 Å². The van der Waals surface area contributed by atoms with E-state index in [-0.39, 0.29) is 11.4 Å². The van der Waals surface area contributed by atoms with Gasteiger partial charge in [0, 0.05) is 25.2 Å². The molecule has 0 aliphatic heterocycles. The molecule has 0 aromatic heterocycles. The van der Waals surface area contributed by atoms with Crippen LogP contribution < -0.4 is 4.90 Å². The normalized spacial score (nSPS) is 10.6. The van der Waals surface area contributed by atoms with Gasteiger partial charge in [0.25, 0.3) is 0 Å². The molecule has 1 N–H and O–H groups in total. The molecule has 0 atom stereocenters. The van der Waals surface area contributed by atoms with Crippen LogP contribution in [0.4, 0.5) is 11.4 Å². The van der Waals surface area contributed by atoms with E-state index in [4.69, 9.17) is 0 Å². The van der Waals surface area contributed by atoms with Crippen LogP contribution in [-0.4, -0.2) is 19.2 Å². The molecule has 3 rings (SSSR count). The minimum absolute atomic E-state index is 0.0873. The largest absolute Gasteiger partial charge is 0.506 e. The molecule has 110 valence electrons. The molecule has 4 nitrogen and oxygen atoms in total. The molecule has 0 heterocycles. The highest BCUT2D eigenvalue weighted by molar-refractivity contribution is 6.04. The number of nitroso groups, excluding NO2 is 1. The summed E-state index contributed by atoms with van der Waals surface area (Å²) in [5.74, 6) is -0.0969. The summed E-state index contributed by atoms with van der Waals surface area (Å²) < 4.78 is 0. The molecular formula is C18H16N2O2. The van der Waals surface area contributed by atoms with Crippen molar-refractivity contribution in [3.8, 4) is 16.9 Å². The first-order chi connectivity index (χ1) is 10.6. The molecule has 3 aromatic carbocycles. The average molecular weight is 292 g/mol. The van der Waals surface area contributed by atoms with Crippen LogP contribution in [0.5, 0.6) is 5.75 Å². The summed E-state index contributed by atoms with van der Waals surface area (Å²) in [7, 11) is 3.97. The Morgan fingerprint density at radius 1 is 0.955 bits per heavy atom. The Bertz CT molecular complexity index is 840. The maximum absolute atomic E-state index is 11.0. The number of nitrogens with zero attached hydrogens (tertiary/aromatic N) is 2. The van der Waals surface area contributed by atoms with Gasteiger partial charge >= 0.3 is 0 Å². The lowest BCUT2D eigenvalue weighted by Crippen LogP contribution is -2.07. The zero-order valence-electron chi connectivity index (χ0n) is 12.4. The number of fused-ring (bicyclic) bond motifs is 1. The van der Waals surface area contributed by atoms with Gasteiger partial charge in [-0.25, -0.2) is 0 Å². The van der Waals surface area contributed by atoms with Gasteiger partial charge in [-0.1, -0.05) is 36.4 Å². The zero-order valence-corrected chi connectivity index (χ0v) is 12.4. The van der Waals surface area contributed by atoms with E-state index in [1.54, 1.807) is 12.1 Å². The Hall–Kier alpha value is -2.88. The SMILES string of the molecule is CN(C)c1ccc(-c2cc(O)c(N=O)c3ccccc23)cc1. The fourth-order valence-electron chi connectivity index (χ4n) is 2.62. The van der Waals surface area contributed by atoms with Gasteiger partial charge in [-0.15, -0.1) is 4.91 Å². The van der Waals surface area contributed by atoms with Crippen LogP contribution >= 0.6 is 0 Å². The molecule has 0 bridgehead atoms. The Morgan fingerprint density at radius 2 is 1.59 bits per heavy atom. The fraction of sp³-hybridized carbons (Fsp3) is 0.111. The number of phenols is 1. The van der Waals surface area contributed by atoms with E-state index in [0.29, 0.717) is 5.39 Å². The van der Waals surface area contributed by atoms with E-state index >= 15 is 0 Å². The molecule has 22 heavy (non-hydrogen) atoms. The van der Waals surface area contributed by atoms with Crippen molar-refractivity contribution in [2.45, 2.75) is 0 Å². The minimum Gasteiger partial charge on any atom is -0.506 e. The number of hydrogen-bond acceptors (Lipinski definition) is 4. The molecule has 0 aliphatic rings. The Kier molecular flexibility index (Phi) is 3.51. The standard InChI is InChI=1S/C18H16N2O2/c1-20(2)13-9-7-12(8-10-13)16-11-17(21)18(19-22)15-6-4-3-5-14(15)16/h3-11,21H,1-2H3. The molecule has 0 spiro atoms. The van der Waals surface area contributed by atoms with Crippen molar-refractivity contribution in [3.63, 3.8) is 0 Å². The van der Waals surface area contributed by atoms with Crippen LogP contribution in [0.15, 0.2) is 59.8 Å². The molecule has 0 saturated carbocycles. The van der Waals surface area contributed by atoms with Crippen molar-refractivity contribution in [1.82, 2.24) is 0 Å². The molecule has 4 heteroatoms. The number of rotatable bonds is 3. The van der Waals surface area contributed by atoms with Crippen molar-refractivity contribution in [1.29, 1.82) is 0 Å². The van der Waals surface area contributed by atoms with Crippen LogP contribution in [0, 0.1) is 4.91 Å². The summed E-state index contributed by atoms with van der Waals surface area (Å²) in [6.45, 7) is 0. The molecule has 0 fully saturated rings. The van der Waals surface area contributed by atoms with Gasteiger partial charge in [0.1, 0.15) is 5.75 Å². The lowest BCUT2D eigenvalue weighted by atomic mass is 9.96. The summed E-state index contributed by atoms with van der Waals surface area (Å²) in [4.78, 5) is 13.0. The van der Waals surface area contributed by atoms with Crippen LogP contribution in [0.1, 0.15) is 0 Å². The number of hydrogen-bond donors (Lipinski definition) is 1. The third-order valence-corrected chi connectivity index (χ3v) is 3.78. The van der Waals surface area contributed by atoms with Crippen LogP contribution in [0.2, 0.25) is 0 Å². The van der Waals surface area contributed by atoms with Gasteiger partial charge < -0.3 is 10.0 Å². The van der Waals surface area contributed by atoms with E-state index < -0.39 is 0 Å². The predicted octanol–water partition coefficient (Wildman–Crippen LogP) is 4.68. The number of benzene rings is 3. The Labute approximate surface area is 128 Å². The maximum atomic E-state index is 11.0. The number of anilines is 1. The third-order valence-electron chi connectivity index (χ3n) is 3.78. The lowest BCUT2D eigenvalue weighted by molar-refractivity contribution is 0.478. The van der Waals surface area contributed by atoms with Crippen LogP contribution in [0.3, 0.4) is 0 Å². The quantitative estimate of drug-likeness (QED) is 0.713. The maximum Gasteiger partial charge on any atom is 0.157 e. The minimum atomic E-state index is -0.0969. The van der Waals surface area contributed by atoms with E-state index in [1.165, 1.54) is 0 Å². The summed E-state index contributed by atoms with van der Waals surface area (Å²) in [5, 5.41) is 14.6. The summed E-state index contributed by atoms with van der Waals surface area (Å²) >= 11 is 0. The van der Waals surface area contributed by atoms with E-state index in [9.17, 15) is 10.0 Å². The second-order valence-electron chi connectivity index (χ2n) is 5.37. The molecule has 0 amide bonds. The van der Waals surface area contributed by atoms with Gasteiger partial charge in [-0.2, -0.15) is 0 Å². The van der Waals surface area contributed by atoms with Gasteiger partial charge in [-0.3, -0.25) is 0 Å². The van der Waals surface area contributed by atoms with E-state index in [1.807, 2.05) is 61.5 Å². The van der Waals surface area contributed by atoms with E-state index in [2.05, 4.69) is 5.18 Å². The van der Waals surface area contributed by atoms with Gasteiger partial charge in [0.05, 0.1) is 0 Å². The first kappa shape index (κ1) is 14.1. The van der Waals surface area contributed by atoms with Gasteiger partial charge in [0.15, 0.2) is 5.69 Å². The smallest absolute Gasteiger partial charge is 0.157 e. The second kappa shape index (κ2) is 5.48. The molecule has 0 aliphatic carbocycles. The first-order valence-corrected chi connectivity index (χ1v) is 6.97. The highest BCUT2D eigenvalue weighted by atomic mass is 16.3. The van der Waals surface area contributed by atoms with Gasteiger partial charge in [-0.05, 0) is 39.9 Å². The van der Waals surface area contributed by atoms with Crippen molar-refractivity contribution < 1.29 is 5.11 Å². The fourth-order valence-corrected chi connectivity index (χ4v) is 2.62. The topological polar surface area (TPSA) is 52.9 Å². The average Bonchev–Trinajstić information content (AvgIpc) is 2.54. The monoisotopic (exact) mass is 292 g/mol. The predicted molar refractivity (Wildman–Crippen MR) is 90.8 cm³/mol. The molecule has 0 saturated heterocycles. The summed E-state index contributed by atoms with van der Waals surface area (Å²) in [6, 6.07) is 17.1. The Morgan fingerprint density at radius 3 is 2.18 bits per heavy atom.